The fourth-order valence-corrected chi connectivity index (χ4v) is 2.79. The predicted octanol–water partition coefficient (Wildman–Crippen LogP) is 3.02. The molecule has 2 aromatic rings. The number of fused-ring (bicyclic) bond motifs is 1. The molecule has 0 fully saturated rings. The van der Waals surface area contributed by atoms with Gasteiger partial charge in [-0.15, -0.1) is 6.42 Å². The standard InChI is InChI=1S/C18H14ClNO3/c1-2-8-20-15-11-14(21)6-7-16(15)23-17(18(20)22)10-12-4-3-5-13(19)9-12/h1,3-7,9,11,17,21H,8,10H2. The van der Waals surface area contributed by atoms with Crippen LogP contribution >= 0.6 is 11.6 Å². The van der Waals surface area contributed by atoms with Crippen LogP contribution in [0.5, 0.6) is 11.5 Å². The van der Waals surface area contributed by atoms with Gasteiger partial charge in [-0.25, -0.2) is 0 Å². The van der Waals surface area contributed by atoms with Gasteiger partial charge >= 0.3 is 0 Å². The van der Waals surface area contributed by atoms with Crippen molar-refractivity contribution in [3.63, 3.8) is 0 Å². The first-order valence-corrected chi connectivity index (χ1v) is 7.45. The maximum atomic E-state index is 12.7. The summed E-state index contributed by atoms with van der Waals surface area (Å²) >= 11 is 5.99. The zero-order chi connectivity index (χ0) is 16.4. The van der Waals surface area contributed by atoms with Crippen LogP contribution in [0.15, 0.2) is 42.5 Å². The minimum atomic E-state index is -0.682. The number of ether oxygens (including phenoxy) is 1. The molecule has 1 amide bonds. The van der Waals surface area contributed by atoms with Gasteiger partial charge < -0.3 is 9.84 Å². The molecular formula is C18H14ClNO3. The molecular weight excluding hydrogens is 314 g/mol. The number of phenolic OH excluding ortho intramolecular Hbond substituents is 1. The first-order chi connectivity index (χ1) is 11.1. The number of carbonyl (C=O) groups excluding carboxylic acids is 1. The maximum Gasteiger partial charge on any atom is 0.269 e. The van der Waals surface area contributed by atoms with Crippen molar-refractivity contribution in [1.82, 2.24) is 0 Å². The van der Waals surface area contributed by atoms with Crippen molar-refractivity contribution in [3.8, 4) is 23.8 Å². The molecule has 116 valence electrons. The van der Waals surface area contributed by atoms with Crippen LogP contribution in [0.4, 0.5) is 5.69 Å². The lowest BCUT2D eigenvalue weighted by Crippen LogP contribution is -2.47. The average molecular weight is 328 g/mol. The summed E-state index contributed by atoms with van der Waals surface area (Å²) in [4.78, 5) is 14.1. The monoisotopic (exact) mass is 327 g/mol. The summed E-state index contributed by atoms with van der Waals surface area (Å²) in [5.74, 6) is 2.80. The number of benzene rings is 2. The Bertz CT molecular complexity index is 797. The van der Waals surface area contributed by atoms with Crippen molar-refractivity contribution in [2.24, 2.45) is 0 Å². The molecule has 5 heteroatoms. The second-order valence-electron chi connectivity index (χ2n) is 5.22. The topological polar surface area (TPSA) is 49.8 Å². The summed E-state index contributed by atoms with van der Waals surface area (Å²) in [5.41, 5.74) is 1.38. The van der Waals surface area contributed by atoms with E-state index in [-0.39, 0.29) is 18.2 Å². The number of aromatic hydroxyl groups is 1. The highest BCUT2D eigenvalue weighted by atomic mass is 35.5. The SMILES string of the molecule is C#CCN1C(=O)C(Cc2cccc(Cl)c2)Oc2ccc(O)cc21. The molecule has 2 aromatic carbocycles. The fraction of sp³-hybridized carbons (Fsp3) is 0.167. The number of rotatable bonds is 3. The van der Waals surface area contributed by atoms with E-state index in [1.807, 2.05) is 12.1 Å². The van der Waals surface area contributed by atoms with E-state index in [4.69, 9.17) is 22.8 Å². The van der Waals surface area contributed by atoms with E-state index < -0.39 is 6.10 Å². The minimum Gasteiger partial charge on any atom is -0.508 e. The van der Waals surface area contributed by atoms with E-state index in [0.717, 1.165) is 5.56 Å². The van der Waals surface area contributed by atoms with Crippen molar-refractivity contribution in [3.05, 3.63) is 53.1 Å². The van der Waals surface area contributed by atoms with E-state index >= 15 is 0 Å². The molecule has 1 heterocycles. The average Bonchev–Trinajstić information content (AvgIpc) is 2.52. The normalized spacial score (nSPS) is 16.4. The first kappa shape index (κ1) is 15.3. The lowest BCUT2D eigenvalue weighted by atomic mass is 10.0. The molecule has 0 saturated carbocycles. The maximum absolute atomic E-state index is 12.7. The molecule has 1 aliphatic rings. The Kier molecular flexibility index (Phi) is 4.14. The molecule has 4 nitrogen and oxygen atoms in total. The van der Waals surface area contributed by atoms with Crippen LogP contribution in [-0.2, 0) is 11.2 Å². The number of halogens is 1. The van der Waals surface area contributed by atoms with Crippen LogP contribution in [-0.4, -0.2) is 23.7 Å². The lowest BCUT2D eigenvalue weighted by Gasteiger charge is -2.33. The van der Waals surface area contributed by atoms with Gasteiger partial charge in [0.25, 0.3) is 5.91 Å². The number of amides is 1. The Morgan fingerprint density at radius 2 is 2.13 bits per heavy atom. The van der Waals surface area contributed by atoms with Gasteiger partial charge in [-0.2, -0.15) is 0 Å². The summed E-state index contributed by atoms with van der Waals surface area (Å²) in [6.45, 7) is 0.116. The van der Waals surface area contributed by atoms with Crippen LogP contribution < -0.4 is 9.64 Å². The van der Waals surface area contributed by atoms with Crippen LogP contribution in [0.3, 0.4) is 0 Å². The molecule has 0 radical (unpaired) electrons. The highest BCUT2D eigenvalue weighted by molar-refractivity contribution is 6.30. The molecule has 0 spiro atoms. The van der Waals surface area contributed by atoms with Gasteiger partial charge in [0.2, 0.25) is 0 Å². The second-order valence-corrected chi connectivity index (χ2v) is 5.66. The van der Waals surface area contributed by atoms with Crippen LogP contribution in [0.1, 0.15) is 5.56 Å². The molecule has 3 rings (SSSR count). The van der Waals surface area contributed by atoms with Crippen molar-refractivity contribution in [2.45, 2.75) is 12.5 Å². The Labute approximate surface area is 139 Å². The Hall–Kier alpha value is -2.64. The summed E-state index contributed by atoms with van der Waals surface area (Å²) in [5, 5.41) is 10.2. The van der Waals surface area contributed by atoms with Gasteiger partial charge in [0.05, 0.1) is 12.2 Å². The van der Waals surface area contributed by atoms with Gasteiger partial charge in [-0.1, -0.05) is 29.7 Å². The second kappa shape index (κ2) is 6.23. The van der Waals surface area contributed by atoms with Gasteiger partial charge in [-0.3, -0.25) is 9.69 Å². The fourth-order valence-electron chi connectivity index (χ4n) is 2.57. The van der Waals surface area contributed by atoms with E-state index in [2.05, 4.69) is 5.92 Å². The summed E-state index contributed by atoms with van der Waals surface area (Å²) in [6, 6.07) is 11.9. The molecule has 1 N–H and O–H groups in total. The van der Waals surface area contributed by atoms with Crippen molar-refractivity contribution >= 4 is 23.2 Å². The van der Waals surface area contributed by atoms with Gasteiger partial charge in [0.1, 0.15) is 11.5 Å². The number of carbonyl (C=O) groups is 1. The van der Waals surface area contributed by atoms with Gasteiger partial charge in [-0.05, 0) is 29.8 Å². The predicted molar refractivity (Wildman–Crippen MR) is 88.9 cm³/mol. The van der Waals surface area contributed by atoms with Crippen molar-refractivity contribution in [1.29, 1.82) is 0 Å². The highest BCUT2D eigenvalue weighted by Gasteiger charge is 2.34. The number of anilines is 1. The van der Waals surface area contributed by atoms with E-state index in [1.54, 1.807) is 18.2 Å². The smallest absolute Gasteiger partial charge is 0.269 e. The molecule has 1 unspecified atom stereocenters. The van der Waals surface area contributed by atoms with Gasteiger partial charge in [0.15, 0.2) is 6.10 Å². The third-order valence-electron chi connectivity index (χ3n) is 3.60. The zero-order valence-corrected chi connectivity index (χ0v) is 13.0. The highest BCUT2D eigenvalue weighted by Crippen LogP contribution is 2.37. The third kappa shape index (κ3) is 3.10. The number of hydrogen-bond donors (Lipinski definition) is 1. The minimum absolute atomic E-state index is 0.0514. The van der Waals surface area contributed by atoms with E-state index in [0.29, 0.717) is 22.9 Å². The molecule has 0 bridgehead atoms. The Morgan fingerprint density at radius 1 is 1.30 bits per heavy atom. The number of terminal acetylenes is 1. The first-order valence-electron chi connectivity index (χ1n) is 7.07. The third-order valence-corrected chi connectivity index (χ3v) is 3.84. The quantitative estimate of drug-likeness (QED) is 0.882. The molecule has 1 aliphatic heterocycles. The van der Waals surface area contributed by atoms with Crippen LogP contribution in [0.2, 0.25) is 5.02 Å². The van der Waals surface area contributed by atoms with Crippen LogP contribution in [0.25, 0.3) is 0 Å². The van der Waals surface area contributed by atoms with Crippen LogP contribution in [0, 0.1) is 12.3 Å². The van der Waals surface area contributed by atoms with E-state index in [9.17, 15) is 9.90 Å². The van der Waals surface area contributed by atoms with Crippen molar-refractivity contribution < 1.29 is 14.6 Å². The number of nitrogens with zero attached hydrogens (tertiary/aromatic N) is 1. The molecule has 0 aromatic heterocycles. The Morgan fingerprint density at radius 3 is 2.87 bits per heavy atom. The number of phenols is 1. The largest absolute Gasteiger partial charge is 0.508 e. The molecule has 0 aliphatic carbocycles. The molecule has 23 heavy (non-hydrogen) atoms. The van der Waals surface area contributed by atoms with Gasteiger partial charge in [0, 0.05) is 17.5 Å². The van der Waals surface area contributed by atoms with Crippen molar-refractivity contribution in [2.75, 3.05) is 11.4 Å². The number of hydrogen-bond acceptors (Lipinski definition) is 3. The molecule has 1 atom stereocenters. The summed E-state index contributed by atoms with van der Waals surface area (Å²) < 4.78 is 5.81. The lowest BCUT2D eigenvalue weighted by molar-refractivity contribution is -0.126. The van der Waals surface area contributed by atoms with E-state index in [1.165, 1.54) is 17.0 Å². The summed E-state index contributed by atoms with van der Waals surface area (Å²) in [7, 11) is 0. The molecule has 0 saturated heterocycles. The Balaban J connectivity index is 1.93. The summed E-state index contributed by atoms with van der Waals surface area (Å²) in [6.07, 6.45) is 5.08. The zero-order valence-electron chi connectivity index (χ0n) is 12.2.